The molecule has 1 aliphatic rings. The molecule has 1 saturated heterocycles. The van der Waals surface area contributed by atoms with E-state index in [2.05, 4.69) is 0 Å². The van der Waals surface area contributed by atoms with Crippen LogP contribution in [-0.2, 0) is 14.3 Å². The van der Waals surface area contributed by atoms with Gasteiger partial charge in [0.1, 0.15) is 24.4 Å². The average Bonchev–Trinajstić information content (AvgIpc) is 2.46. The Hall–Kier alpha value is -0.610. The highest BCUT2D eigenvalue weighted by Gasteiger charge is 2.29. The van der Waals surface area contributed by atoms with Crippen LogP contribution in [0.3, 0.4) is 0 Å². The summed E-state index contributed by atoms with van der Waals surface area (Å²) in [5, 5.41) is 43.5. The lowest BCUT2D eigenvalue weighted by Crippen LogP contribution is -2.46. The zero-order valence-corrected chi connectivity index (χ0v) is 9.88. The van der Waals surface area contributed by atoms with Gasteiger partial charge in [-0.25, -0.2) is 0 Å². The molecule has 0 unspecified atom stereocenters. The summed E-state index contributed by atoms with van der Waals surface area (Å²) >= 11 is 0. The molecule has 0 saturated carbocycles. The van der Waals surface area contributed by atoms with E-state index in [1.54, 1.807) is 0 Å². The summed E-state index contributed by atoms with van der Waals surface area (Å²) in [6.45, 7) is 2.35. The molecular weight excluding hydrogens is 248 g/mol. The molecule has 108 valence electrons. The molecule has 0 aliphatic carbocycles. The van der Waals surface area contributed by atoms with E-state index in [0.717, 1.165) is 26.4 Å². The predicted octanol–water partition coefficient (Wildman–Crippen LogP) is -3.35. The number of carbonyl (C=O) groups excluding carboxylic acids is 1. The van der Waals surface area contributed by atoms with E-state index in [-0.39, 0.29) is 6.29 Å². The van der Waals surface area contributed by atoms with E-state index in [1.807, 2.05) is 0 Å². The fourth-order valence-electron chi connectivity index (χ4n) is 1.06. The number of hydrogen-bond acceptors (Lipinski definition) is 8. The largest absolute Gasteiger partial charge is 0.394 e. The number of rotatable bonds is 5. The third-order valence-electron chi connectivity index (χ3n) is 2.16. The number of aliphatic hydroxyl groups excluding tert-OH is 5. The summed E-state index contributed by atoms with van der Waals surface area (Å²) in [5.74, 6) is 0. The average molecular weight is 268 g/mol. The molecule has 4 atom stereocenters. The van der Waals surface area contributed by atoms with E-state index in [0.29, 0.717) is 0 Å². The number of aliphatic hydroxyl groups is 5. The van der Waals surface area contributed by atoms with Crippen molar-refractivity contribution in [3.63, 3.8) is 0 Å². The van der Waals surface area contributed by atoms with Crippen LogP contribution in [0.25, 0.3) is 0 Å². The Morgan fingerprint density at radius 2 is 1.39 bits per heavy atom. The lowest BCUT2D eigenvalue weighted by atomic mass is 10.0. The van der Waals surface area contributed by atoms with Gasteiger partial charge in [0, 0.05) is 0 Å². The highest BCUT2D eigenvalue weighted by molar-refractivity contribution is 5.56. The van der Waals surface area contributed by atoms with Crippen LogP contribution >= 0.6 is 0 Å². The lowest BCUT2D eigenvalue weighted by molar-refractivity contribution is -0.136. The summed E-state index contributed by atoms with van der Waals surface area (Å²) in [5.41, 5.74) is 0. The van der Waals surface area contributed by atoms with Crippen molar-refractivity contribution in [2.45, 2.75) is 24.4 Å². The molecule has 1 fully saturated rings. The number of ether oxygens (including phenoxy) is 2. The summed E-state index contributed by atoms with van der Waals surface area (Å²) in [4.78, 5) is 9.90. The Morgan fingerprint density at radius 1 is 0.944 bits per heavy atom. The van der Waals surface area contributed by atoms with Gasteiger partial charge in [0.05, 0.1) is 33.0 Å². The molecule has 1 rings (SSSR count). The lowest BCUT2D eigenvalue weighted by Gasteiger charge is -2.22. The maximum absolute atomic E-state index is 9.90. The topological polar surface area (TPSA) is 137 Å². The van der Waals surface area contributed by atoms with Crippen LogP contribution in [0.2, 0.25) is 0 Å². The third-order valence-corrected chi connectivity index (χ3v) is 2.16. The minimum absolute atomic E-state index is 0.0258. The molecule has 0 aromatic rings. The van der Waals surface area contributed by atoms with Gasteiger partial charge < -0.3 is 39.8 Å². The van der Waals surface area contributed by atoms with Crippen molar-refractivity contribution < 1.29 is 39.8 Å². The van der Waals surface area contributed by atoms with Gasteiger partial charge >= 0.3 is 0 Å². The van der Waals surface area contributed by atoms with Gasteiger partial charge in [-0.15, -0.1) is 0 Å². The van der Waals surface area contributed by atoms with Gasteiger partial charge in [-0.05, 0) is 0 Å². The zero-order valence-electron chi connectivity index (χ0n) is 9.88. The smallest absolute Gasteiger partial charge is 0.151 e. The van der Waals surface area contributed by atoms with Crippen molar-refractivity contribution in [3.05, 3.63) is 0 Å². The fraction of sp³-hybridized carbons (Fsp3) is 0.900. The van der Waals surface area contributed by atoms with Crippen molar-refractivity contribution in [1.82, 2.24) is 0 Å². The molecule has 18 heavy (non-hydrogen) atoms. The second-order valence-corrected chi connectivity index (χ2v) is 3.58. The zero-order chi connectivity index (χ0) is 14.0. The first-order valence-corrected chi connectivity index (χ1v) is 5.48. The minimum Gasteiger partial charge on any atom is -0.394 e. The summed E-state index contributed by atoms with van der Waals surface area (Å²) in [6.07, 6.45) is -6.84. The quantitative estimate of drug-likeness (QED) is 0.326. The Labute approximate surface area is 104 Å². The summed E-state index contributed by atoms with van der Waals surface area (Å²) in [6, 6.07) is 0. The van der Waals surface area contributed by atoms with Gasteiger partial charge in [0.25, 0.3) is 0 Å². The van der Waals surface area contributed by atoms with Crippen LogP contribution in [0, 0.1) is 0 Å². The fourth-order valence-corrected chi connectivity index (χ4v) is 1.06. The summed E-state index contributed by atoms with van der Waals surface area (Å²) < 4.78 is 9.89. The maximum atomic E-state index is 9.90. The van der Waals surface area contributed by atoms with Gasteiger partial charge in [-0.1, -0.05) is 0 Å². The monoisotopic (exact) mass is 268 g/mol. The summed E-state index contributed by atoms with van der Waals surface area (Å²) in [7, 11) is 0. The first kappa shape index (κ1) is 17.4. The van der Waals surface area contributed by atoms with Gasteiger partial charge in [0.2, 0.25) is 0 Å². The SMILES string of the molecule is C1COCCO1.O=C[C@H](O)[C@@H](O)[C@H](O)[C@H](O)CO. The molecule has 8 nitrogen and oxygen atoms in total. The normalized spacial score (nSPS) is 22.1. The number of hydrogen-bond donors (Lipinski definition) is 5. The van der Waals surface area contributed by atoms with E-state index in [1.165, 1.54) is 0 Å². The van der Waals surface area contributed by atoms with Gasteiger partial charge in [-0.3, -0.25) is 0 Å². The molecule has 1 aliphatic heterocycles. The van der Waals surface area contributed by atoms with E-state index in [9.17, 15) is 4.79 Å². The molecule has 0 radical (unpaired) electrons. The third kappa shape index (κ3) is 6.97. The predicted molar refractivity (Wildman–Crippen MR) is 58.8 cm³/mol. The van der Waals surface area contributed by atoms with Crippen LogP contribution in [-0.4, -0.2) is 89.3 Å². The molecule has 8 heteroatoms. The Kier molecular flexibility index (Phi) is 9.98. The second kappa shape index (κ2) is 10.3. The van der Waals surface area contributed by atoms with E-state index < -0.39 is 31.0 Å². The maximum Gasteiger partial charge on any atom is 0.151 e. The molecular formula is C10H20O8. The van der Waals surface area contributed by atoms with Crippen molar-refractivity contribution in [2.24, 2.45) is 0 Å². The van der Waals surface area contributed by atoms with Crippen molar-refractivity contribution >= 4 is 6.29 Å². The minimum atomic E-state index is -1.79. The Bertz CT molecular complexity index is 197. The van der Waals surface area contributed by atoms with Crippen molar-refractivity contribution in [2.75, 3.05) is 33.0 Å². The Morgan fingerprint density at radius 3 is 1.67 bits per heavy atom. The van der Waals surface area contributed by atoms with Crippen LogP contribution in [0.15, 0.2) is 0 Å². The van der Waals surface area contributed by atoms with Crippen LogP contribution < -0.4 is 0 Å². The Balaban J connectivity index is 0.000000397. The molecule has 0 aromatic heterocycles. The van der Waals surface area contributed by atoms with Crippen molar-refractivity contribution in [3.8, 4) is 0 Å². The van der Waals surface area contributed by atoms with Gasteiger partial charge in [0.15, 0.2) is 6.29 Å². The van der Waals surface area contributed by atoms with Crippen LogP contribution in [0.1, 0.15) is 0 Å². The molecule has 0 spiro atoms. The number of aldehydes is 1. The number of carbonyl (C=O) groups is 1. The van der Waals surface area contributed by atoms with Gasteiger partial charge in [-0.2, -0.15) is 0 Å². The molecule has 1 heterocycles. The standard InChI is InChI=1S/C6H12O6.C4H8O2/c7-1-3(9)5(11)6(12)4(10)2-8;1-2-6-4-3-5-1/h1,3-6,8-12H,2H2;1-4H2/t3-,4+,5+,6+;/m0./s1. The molecule has 5 N–H and O–H groups in total. The van der Waals surface area contributed by atoms with E-state index in [4.69, 9.17) is 35.0 Å². The molecule has 0 aromatic carbocycles. The highest BCUT2D eigenvalue weighted by atomic mass is 16.6. The first-order chi connectivity index (χ1) is 8.54. The first-order valence-electron chi connectivity index (χ1n) is 5.48. The molecule has 0 amide bonds. The van der Waals surface area contributed by atoms with Crippen LogP contribution in [0.5, 0.6) is 0 Å². The van der Waals surface area contributed by atoms with Crippen LogP contribution in [0.4, 0.5) is 0 Å². The second-order valence-electron chi connectivity index (χ2n) is 3.58. The van der Waals surface area contributed by atoms with E-state index >= 15 is 0 Å². The highest BCUT2D eigenvalue weighted by Crippen LogP contribution is 2.02. The van der Waals surface area contributed by atoms with Crippen molar-refractivity contribution in [1.29, 1.82) is 0 Å². The molecule has 0 bridgehead atoms.